The van der Waals surface area contributed by atoms with Gasteiger partial charge in [-0.2, -0.15) is 0 Å². The normalized spacial score (nSPS) is 18.1. The molecule has 2 aliphatic rings. The number of nitrogens with one attached hydrogen (secondary N) is 2. The number of anilines is 1. The third kappa shape index (κ3) is 5.60. The van der Waals surface area contributed by atoms with Crippen LogP contribution in [-0.4, -0.2) is 59.9 Å². The van der Waals surface area contributed by atoms with Crippen molar-refractivity contribution in [1.82, 2.24) is 15.1 Å². The second-order valence-corrected chi connectivity index (χ2v) is 10.8. The molecule has 1 unspecified atom stereocenters. The van der Waals surface area contributed by atoms with Gasteiger partial charge in [0.05, 0.1) is 0 Å². The summed E-state index contributed by atoms with van der Waals surface area (Å²) in [5, 5.41) is 7.89. The topological polar surface area (TPSA) is 81.8 Å². The predicted molar refractivity (Wildman–Crippen MR) is 135 cm³/mol. The SMILES string of the molecule is CC(=O)NC(Cc1cccs1)C(=O)N1CCC2(CCN(C(=O)Nc3ccc(C)cc3C)CC2)C1. The first-order chi connectivity index (χ1) is 16.2. The van der Waals surface area contributed by atoms with E-state index in [0.29, 0.717) is 32.6 Å². The van der Waals surface area contributed by atoms with E-state index in [1.54, 1.807) is 11.3 Å². The molecule has 8 heteroatoms. The Morgan fingerprint density at radius 1 is 1.06 bits per heavy atom. The number of nitrogens with zero attached hydrogens (tertiary/aromatic N) is 2. The number of urea groups is 1. The van der Waals surface area contributed by atoms with Crippen molar-refractivity contribution in [3.8, 4) is 0 Å². The molecule has 1 aromatic heterocycles. The van der Waals surface area contributed by atoms with Crippen LogP contribution in [0.2, 0.25) is 0 Å². The second kappa shape index (κ2) is 10.2. The molecule has 1 atom stereocenters. The molecule has 0 radical (unpaired) electrons. The number of carbonyl (C=O) groups is 3. The maximum absolute atomic E-state index is 13.3. The Morgan fingerprint density at radius 2 is 1.76 bits per heavy atom. The van der Waals surface area contributed by atoms with Crippen LogP contribution >= 0.6 is 11.3 Å². The number of likely N-dealkylation sites (tertiary alicyclic amines) is 2. The van der Waals surface area contributed by atoms with E-state index in [0.717, 1.165) is 35.4 Å². The van der Waals surface area contributed by atoms with Crippen LogP contribution in [-0.2, 0) is 16.0 Å². The summed E-state index contributed by atoms with van der Waals surface area (Å²) in [6.07, 6.45) is 3.22. The fourth-order valence-corrected chi connectivity index (χ4v) is 5.91. The fourth-order valence-electron chi connectivity index (χ4n) is 5.16. The third-order valence-corrected chi connectivity index (χ3v) is 8.04. The van der Waals surface area contributed by atoms with Gasteiger partial charge in [-0.1, -0.05) is 23.8 Å². The zero-order chi connectivity index (χ0) is 24.3. The monoisotopic (exact) mass is 482 g/mol. The van der Waals surface area contributed by atoms with Crippen molar-refractivity contribution in [1.29, 1.82) is 0 Å². The van der Waals surface area contributed by atoms with Gasteiger partial charge in [0.1, 0.15) is 6.04 Å². The highest BCUT2D eigenvalue weighted by Gasteiger charge is 2.44. The molecule has 2 saturated heterocycles. The molecule has 2 N–H and O–H groups in total. The summed E-state index contributed by atoms with van der Waals surface area (Å²) < 4.78 is 0. The molecule has 2 aliphatic heterocycles. The molecule has 1 aromatic carbocycles. The van der Waals surface area contributed by atoms with Gasteiger partial charge in [0.25, 0.3) is 0 Å². The van der Waals surface area contributed by atoms with E-state index in [2.05, 4.69) is 16.7 Å². The Kier molecular flexibility index (Phi) is 7.26. The number of carbonyl (C=O) groups excluding carboxylic acids is 3. The average Bonchev–Trinajstić information content (AvgIpc) is 3.45. The maximum Gasteiger partial charge on any atom is 0.321 e. The first-order valence-corrected chi connectivity index (χ1v) is 12.8. The first kappa shape index (κ1) is 24.3. The van der Waals surface area contributed by atoms with Crippen molar-refractivity contribution in [3.05, 3.63) is 51.7 Å². The Bertz CT molecular complexity index is 1040. The van der Waals surface area contributed by atoms with E-state index >= 15 is 0 Å². The predicted octanol–water partition coefficient (Wildman–Crippen LogP) is 3.96. The van der Waals surface area contributed by atoms with Gasteiger partial charge in [-0.05, 0) is 61.6 Å². The second-order valence-electron chi connectivity index (χ2n) is 9.78. The summed E-state index contributed by atoms with van der Waals surface area (Å²) in [4.78, 5) is 42.8. The highest BCUT2D eigenvalue weighted by Crippen LogP contribution is 2.40. The molecule has 4 rings (SSSR count). The molecule has 2 fully saturated rings. The Hall–Kier alpha value is -2.87. The lowest BCUT2D eigenvalue weighted by molar-refractivity contribution is -0.135. The Labute approximate surface area is 205 Å². The molecule has 0 bridgehead atoms. The number of rotatable bonds is 5. The number of hydrogen-bond donors (Lipinski definition) is 2. The summed E-state index contributed by atoms with van der Waals surface area (Å²) >= 11 is 1.60. The fraction of sp³-hybridized carbons (Fsp3) is 0.500. The Morgan fingerprint density at radius 3 is 2.38 bits per heavy atom. The van der Waals surface area contributed by atoms with Crippen LogP contribution in [0, 0.1) is 19.3 Å². The quantitative estimate of drug-likeness (QED) is 0.677. The zero-order valence-electron chi connectivity index (χ0n) is 20.2. The van der Waals surface area contributed by atoms with Crippen LogP contribution < -0.4 is 10.6 Å². The van der Waals surface area contributed by atoms with E-state index < -0.39 is 6.04 Å². The van der Waals surface area contributed by atoms with Crippen LogP contribution in [0.25, 0.3) is 0 Å². The number of amides is 4. The highest BCUT2D eigenvalue weighted by atomic mass is 32.1. The van der Waals surface area contributed by atoms with Crippen molar-refractivity contribution >= 4 is 34.9 Å². The number of aryl methyl sites for hydroxylation is 2. The van der Waals surface area contributed by atoms with E-state index in [1.165, 1.54) is 12.5 Å². The van der Waals surface area contributed by atoms with Crippen LogP contribution in [0.3, 0.4) is 0 Å². The van der Waals surface area contributed by atoms with Gasteiger partial charge in [0.2, 0.25) is 11.8 Å². The zero-order valence-corrected chi connectivity index (χ0v) is 21.0. The lowest BCUT2D eigenvalue weighted by Gasteiger charge is -2.39. The van der Waals surface area contributed by atoms with Crippen molar-refractivity contribution in [2.75, 3.05) is 31.5 Å². The average molecular weight is 483 g/mol. The van der Waals surface area contributed by atoms with Crippen molar-refractivity contribution in [2.24, 2.45) is 5.41 Å². The Balaban J connectivity index is 1.33. The minimum Gasteiger partial charge on any atom is -0.344 e. The summed E-state index contributed by atoms with van der Waals surface area (Å²) in [5.74, 6) is -0.192. The van der Waals surface area contributed by atoms with Crippen molar-refractivity contribution < 1.29 is 14.4 Å². The van der Waals surface area contributed by atoms with Gasteiger partial charge in [0, 0.05) is 50.1 Å². The van der Waals surface area contributed by atoms with Gasteiger partial charge < -0.3 is 20.4 Å². The van der Waals surface area contributed by atoms with Gasteiger partial charge in [-0.25, -0.2) is 4.79 Å². The summed E-state index contributed by atoms with van der Waals surface area (Å²) in [6, 6.07) is 9.39. The van der Waals surface area contributed by atoms with Gasteiger partial charge in [-0.3, -0.25) is 9.59 Å². The molecule has 182 valence electrons. The minimum atomic E-state index is -0.532. The first-order valence-electron chi connectivity index (χ1n) is 12.0. The van der Waals surface area contributed by atoms with Gasteiger partial charge in [0.15, 0.2) is 0 Å². The molecule has 3 heterocycles. The smallest absolute Gasteiger partial charge is 0.321 e. The molecule has 1 spiro atoms. The number of benzene rings is 1. The molecule has 0 aliphatic carbocycles. The van der Waals surface area contributed by atoms with Gasteiger partial charge in [-0.15, -0.1) is 11.3 Å². The standard InChI is InChI=1S/C26H34N4O3S/c1-18-6-7-22(19(2)15-18)28-25(33)29-11-8-26(9-12-29)10-13-30(17-26)24(32)23(27-20(3)31)16-21-5-4-14-34-21/h4-7,14-15,23H,8-13,16-17H2,1-3H3,(H,27,31)(H,28,33). The molecule has 0 saturated carbocycles. The van der Waals surface area contributed by atoms with Crippen molar-refractivity contribution in [2.45, 2.75) is 52.5 Å². The molecular weight excluding hydrogens is 448 g/mol. The molecule has 34 heavy (non-hydrogen) atoms. The van der Waals surface area contributed by atoms with E-state index in [1.807, 2.05) is 53.3 Å². The van der Waals surface area contributed by atoms with Crippen LogP contribution in [0.4, 0.5) is 10.5 Å². The maximum atomic E-state index is 13.3. The molecule has 2 aromatic rings. The molecular formula is C26H34N4O3S. The van der Waals surface area contributed by atoms with Crippen molar-refractivity contribution in [3.63, 3.8) is 0 Å². The summed E-state index contributed by atoms with van der Waals surface area (Å²) in [7, 11) is 0. The highest BCUT2D eigenvalue weighted by molar-refractivity contribution is 7.09. The van der Waals surface area contributed by atoms with Gasteiger partial charge >= 0.3 is 6.03 Å². The van der Waals surface area contributed by atoms with E-state index in [9.17, 15) is 14.4 Å². The minimum absolute atomic E-state index is 0.00417. The lowest BCUT2D eigenvalue weighted by atomic mass is 9.78. The lowest BCUT2D eigenvalue weighted by Crippen LogP contribution is -2.50. The number of thiophene rings is 1. The van der Waals surface area contributed by atoms with E-state index in [-0.39, 0.29) is 23.3 Å². The summed E-state index contributed by atoms with van der Waals surface area (Å²) in [6.45, 7) is 8.27. The molecule has 7 nitrogen and oxygen atoms in total. The van der Waals surface area contributed by atoms with Crippen LogP contribution in [0.5, 0.6) is 0 Å². The third-order valence-electron chi connectivity index (χ3n) is 7.15. The van der Waals surface area contributed by atoms with E-state index in [4.69, 9.17) is 0 Å². The molecule has 4 amide bonds. The number of piperidine rings is 1. The largest absolute Gasteiger partial charge is 0.344 e. The van der Waals surface area contributed by atoms with Crippen LogP contribution in [0.15, 0.2) is 35.7 Å². The van der Waals surface area contributed by atoms with Crippen LogP contribution in [0.1, 0.15) is 42.2 Å². The number of hydrogen-bond acceptors (Lipinski definition) is 4. The summed E-state index contributed by atoms with van der Waals surface area (Å²) in [5.41, 5.74) is 3.13.